The maximum absolute atomic E-state index is 11.7. The third-order valence-electron chi connectivity index (χ3n) is 3.41. The lowest BCUT2D eigenvalue weighted by atomic mass is 10.0. The highest BCUT2D eigenvalue weighted by molar-refractivity contribution is 5.60. The summed E-state index contributed by atoms with van der Waals surface area (Å²) in [6.45, 7) is 3.40. The first-order chi connectivity index (χ1) is 8.50. The van der Waals surface area contributed by atoms with Crippen LogP contribution in [0.2, 0.25) is 0 Å². The number of aromatic amines is 1. The summed E-state index contributed by atoms with van der Waals surface area (Å²) in [4.78, 5) is 25.3. The van der Waals surface area contributed by atoms with E-state index in [1.165, 1.54) is 11.6 Å². The fourth-order valence-corrected chi connectivity index (χ4v) is 2.07. The van der Waals surface area contributed by atoms with Crippen LogP contribution in [0.15, 0.2) is 9.59 Å². The fourth-order valence-electron chi connectivity index (χ4n) is 2.07. The van der Waals surface area contributed by atoms with Crippen molar-refractivity contribution >= 4 is 11.5 Å². The topological polar surface area (TPSA) is 102 Å². The van der Waals surface area contributed by atoms with E-state index in [-0.39, 0.29) is 17.5 Å². The molecular formula is C11H18N4O3. The lowest BCUT2D eigenvalue weighted by Crippen LogP contribution is -2.36. The van der Waals surface area contributed by atoms with Crippen molar-refractivity contribution in [3.05, 3.63) is 20.8 Å². The van der Waals surface area contributed by atoms with Crippen molar-refractivity contribution in [1.29, 1.82) is 0 Å². The van der Waals surface area contributed by atoms with Gasteiger partial charge in [-0.15, -0.1) is 0 Å². The second-order valence-corrected chi connectivity index (χ2v) is 4.64. The summed E-state index contributed by atoms with van der Waals surface area (Å²) in [7, 11) is 1.52. The van der Waals surface area contributed by atoms with Crippen LogP contribution in [0.4, 0.5) is 11.5 Å². The summed E-state index contributed by atoms with van der Waals surface area (Å²) in [5, 5.41) is 3.08. The van der Waals surface area contributed by atoms with E-state index in [9.17, 15) is 9.59 Å². The minimum Gasteiger partial charge on any atom is -0.383 e. The van der Waals surface area contributed by atoms with Crippen LogP contribution in [0.3, 0.4) is 0 Å². The molecule has 1 aliphatic rings. The average Bonchev–Trinajstić information content (AvgIpc) is 2.85. The number of nitrogens with zero attached hydrogens (tertiary/aromatic N) is 1. The summed E-state index contributed by atoms with van der Waals surface area (Å²) < 4.78 is 6.52. The zero-order chi connectivity index (χ0) is 13.3. The smallest absolute Gasteiger partial charge is 0.329 e. The second-order valence-electron chi connectivity index (χ2n) is 4.64. The Morgan fingerprint density at radius 1 is 1.56 bits per heavy atom. The molecule has 0 saturated carbocycles. The lowest BCUT2D eigenvalue weighted by Gasteiger charge is -2.21. The summed E-state index contributed by atoms with van der Waals surface area (Å²) >= 11 is 0. The molecule has 4 N–H and O–H groups in total. The van der Waals surface area contributed by atoms with Gasteiger partial charge in [-0.1, -0.05) is 0 Å². The van der Waals surface area contributed by atoms with E-state index in [4.69, 9.17) is 10.5 Å². The highest BCUT2D eigenvalue weighted by Gasteiger charge is 2.23. The molecule has 0 radical (unpaired) electrons. The molecule has 0 aliphatic carbocycles. The average molecular weight is 254 g/mol. The Bertz CT molecular complexity index is 542. The molecule has 2 heterocycles. The predicted molar refractivity (Wildman–Crippen MR) is 68.7 cm³/mol. The zero-order valence-corrected chi connectivity index (χ0v) is 10.5. The van der Waals surface area contributed by atoms with Crippen molar-refractivity contribution in [3.8, 4) is 0 Å². The largest absolute Gasteiger partial charge is 0.383 e. The van der Waals surface area contributed by atoms with Crippen molar-refractivity contribution in [2.75, 3.05) is 24.3 Å². The van der Waals surface area contributed by atoms with Crippen LogP contribution in [-0.2, 0) is 11.8 Å². The Morgan fingerprint density at radius 3 is 2.89 bits per heavy atom. The number of aromatic nitrogens is 2. The molecule has 2 rings (SSSR count). The Morgan fingerprint density at radius 2 is 2.28 bits per heavy atom. The van der Waals surface area contributed by atoms with Gasteiger partial charge in [0.25, 0.3) is 5.56 Å². The minimum atomic E-state index is -0.514. The number of nitrogens with two attached hydrogens (primary N) is 1. The Labute approximate surface area is 104 Å². The molecule has 0 aromatic carbocycles. The van der Waals surface area contributed by atoms with Crippen LogP contribution in [0, 0.1) is 5.92 Å². The van der Waals surface area contributed by atoms with Crippen LogP contribution in [0.25, 0.3) is 0 Å². The highest BCUT2D eigenvalue weighted by Crippen LogP contribution is 2.20. The third-order valence-corrected chi connectivity index (χ3v) is 3.41. The van der Waals surface area contributed by atoms with E-state index in [0.717, 1.165) is 13.0 Å². The van der Waals surface area contributed by atoms with Crippen LogP contribution < -0.4 is 22.3 Å². The maximum Gasteiger partial charge on any atom is 0.329 e. The third kappa shape index (κ3) is 2.26. The molecule has 18 heavy (non-hydrogen) atoms. The number of hydrogen-bond acceptors (Lipinski definition) is 5. The van der Waals surface area contributed by atoms with Crippen molar-refractivity contribution in [3.63, 3.8) is 0 Å². The van der Waals surface area contributed by atoms with E-state index >= 15 is 0 Å². The van der Waals surface area contributed by atoms with Gasteiger partial charge in [-0.25, -0.2) is 4.79 Å². The Hall–Kier alpha value is -1.76. The number of ether oxygens (including phenoxy) is 1. The van der Waals surface area contributed by atoms with Crippen molar-refractivity contribution < 1.29 is 4.74 Å². The zero-order valence-electron chi connectivity index (χ0n) is 10.5. The van der Waals surface area contributed by atoms with Gasteiger partial charge in [-0.2, -0.15) is 0 Å². The van der Waals surface area contributed by atoms with Crippen molar-refractivity contribution in [2.45, 2.75) is 19.4 Å². The first-order valence-electron chi connectivity index (χ1n) is 5.93. The molecule has 1 fully saturated rings. The van der Waals surface area contributed by atoms with E-state index in [1.807, 2.05) is 6.92 Å². The Balaban J connectivity index is 2.26. The number of nitrogen functional groups attached to an aromatic ring is 1. The van der Waals surface area contributed by atoms with E-state index in [2.05, 4.69) is 10.3 Å². The number of nitrogens with one attached hydrogen (secondary N) is 2. The molecule has 1 aromatic rings. The number of H-pyrrole nitrogens is 1. The second kappa shape index (κ2) is 4.85. The Kier molecular flexibility index (Phi) is 3.42. The van der Waals surface area contributed by atoms with E-state index in [1.54, 1.807) is 0 Å². The SMILES string of the molecule is CC(Nc1c(N)n(C)c(=O)[nH]c1=O)C1CCOC1. The van der Waals surface area contributed by atoms with Gasteiger partial charge in [-0.05, 0) is 13.3 Å². The summed E-state index contributed by atoms with van der Waals surface area (Å²) in [5.41, 5.74) is 5.03. The van der Waals surface area contributed by atoms with Crippen LogP contribution in [0.5, 0.6) is 0 Å². The molecule has 7 nitrogen and oxygen atoms in total. The molecule has 0 amide bonds. The first kappa shape index (κ1) is 12.7. The highest BCUT2D eigenvalue weighted by atomic mass is 16.5. The van der Waals surface area contributed by atoms with Gasteiger partial charge in [0.05, 0.1) is 6.61 Å². The number of hydrogen-bond donors (Lipinski definition) is 3. The molecule has 1 aromatic heterocycles. The van der Waals surface area contributed by atoms with Gasteiger partial charge >= 0.3 is 5.69 Å². The predicted octanol–water partition coefficient (Wildman–Crippen LogP) is -0.507. The van der Waals surface area contributed by atoms with Gasteiger partial charge in [0.2, 0.25) is 0 Å². The number of rotatable bonds is 3. The molecule has 2 atom stereocenters. The summed E-state index contributed by atoms with van der Waals surface area (Å²) in [5.74, 6) is 0.496. The van der Waals surface area contributed by atoms with Crippen LogP contribution >= 0.6 is 0 Å². The van der Waals surface area contributed by atoms with Gasteiger partial charge in [-0.3, -0.25) is 14.3 Å². The van der Waals surface area contributed by atoms with E-state index in [0.29, 0.717) is 12.5 Å². The first-order valence-corrected chi connectivity index (χ1v) is 5.93. The van der Waals surface area contributed by atoms with Gasteiger partial charge < -0.3 is 15.8 Å². The fraction of sp³-hybridized carbons (Fsp3) is 0.636. The summed E-state index contributed by atoms with van der Waals surface area (Å²) in [6.07, 6.45) is 0.956. The lowest BCUT2D eigenvalue weighted by molar-refractivity contribution is 0.183. The van der Waals surface area contributed by atoms with Gasteiger partial charge in [0, 0.05) is 25.6 Å². The molecule has 0 bridgehead atoms. The molecule has 2 unspecified atom stereocenters. The standard InChI is InChI=1S/C11H18N4O3/c1-6(7-3-4-18-5-7)13-8-9(12)15(2)11(17)14-10(8)16/h6-7,13H,3-5,12H2,1-2H3,(H,14,16,17). The number of anilines is 2. The van der Waals surface area contributed by atoms with E-state index < -0.39 is 11.2 Å². The molecule has 1 aliphatic heterocycles. The van der Waals surface area contributed by atoms with Gasteiger partial charge in [0.15, 0.2) is 0 Å². The minimum absolute atomic E-state index is 0.0633. The normalized spacial score (nSPS) is 20.9. The van der Waals surface area contributed by atoms with Crippen molar-refractivity contribution in [1.82, 2.24) is 9.55 Å². The molecule has 0 spiro atoms. The van der Waals surface area contributed by atoms with Crippen LogP contribution in [0.1, 0.15) is 13.3 Å². The molecule has 100 valence electrons. The summed E-state index contributed by atoms with van der Waals surface area (Å²) in [6, 6.07) is 0.0633. The molecule has 7 heteroatoms. The molecule has 1 saturated heterocycles. The molecular weight excluding hydrogens is 236 g/mol. The monoisotopic (exact) mass is 254 g/mol. The maximum atomic E-state index is 11.7. The van der Waals surface area contributed by atoms with Crippen LogP contribution in [-0.4, -0.2) is 28.8 Å². The van der Waals surface area contributed by atoms with Gasteiger partial charge in [0.1, 0.15) is 11.5 Å². The quantitative estimate of drug-likeness (QED) is 0.674. The van der Waals surface area contributed by atoms with Crippen molar-refractivity contribution in [2.24, 2.45) is 13.0 Å².